The SMILES string of the molecule is Cc1c(N)cccc1CNC(=O)CC(C)CC(C)(C)C. The molecule has 0 aromatic heterocycles. The Hall–Kier alpha value is -1.51. The van der Waals surface area contributed by atoms with E-state index in [9.17, 15) is 4.79 Å². The Morgan fingerprint density at radius 2 is 2.00 bits per heavy atom. The molecule has 20 heavy (non-hydrogen) atoms. The Balaban J connectivity index is 2.46. The molecule has 1 amide bonds. The molecule has 1 unspecified atom stereocenters. The van der Waals surface area contributed by atoms with Gasteiger partial charge in [0.25, 0.3) is 0 Å². The molecule has 0 bridgehead atoms. The molecule has 0 saturated heterocycles. The molecule has 1 rings (SSSR count). The van der Waals surface area contributed by atoms with Gasteiger partial charge in [0.2, 0.25) is 5.91 Å². The van der Waals surface area contributed by atoms with Crippen molar-refractivity contribution in [2.24, 2.45) is 11.3 Å². The van der Waals surface area contributed by atoms with Crippen molar-refractivity contribution >= 4 is 11.6 Å². The second-order valence-corrected chi connectivity index (χ2v) is 6.98. The van der Waals surface area contributed by atoms with Crippen LogP contribution < -0.4 is 11.1 Å². The standard InChI is InChI=1S/C17H28N2O/c1-12(10-17(3,4)5)9-16(20)19-11-14-7-6-8-15(18)13(14)2/h6-8,12H,9-11,18H2,1-5H3,(H,19,20). The van der Waals surface area contributed by atoms with E-state index < -0.39 is 0 Å². The number of nitrogens with two attached hydrogens (primary N) is 1. The lowest BCUT2D eigenvalue weighted by molar-refractivity contribution is -0.122. The predicted molar refractivity (Wildman–Crippen MR) is 85.3 cm³/mol. The van der Waals surface area contributed by atoms with Crippen LogP contribution in [0.25, 0.3) is 0 Å². The summed E-state index contributed by atoms with van der Waals surface area (Å²) in [5.74, 6) is 0.514. The zero-order valence-electron chi connectivity index (χ0n) is 13.4. The van der Waals surface area contributed by atoms with Crippen LogP contribution in [0.4, 0.5) is 5.69 Å². The zero-order valence-corrected chi connectivity index (χ0v) is 13.4. The number of hydrogen-bond acceptors (Lipinski definition) is 2. The monoisotopic (exact) mass is 276 g/mol. The van der Waals surface area contributed by atoms with E-state index in [0.29, 0.717) is 18.9 Å². The minimum absolute atomic E-state index is 0.114. The van der Waals surface area contributed by atoms with Crippen LogP contribution in [0.5, 0.6) is 0 Å². The summed E-state index contributed by atoms with van der Waals surface area (Å²) in [6.45, 7) is 11.3. The molecule has 0 radical (unpaired) electrons. The lowest BCUT2D eigenvalue weighted by Crippen LogP contribution is -2.26. The van der Waals surface area contributed by atoms with E-state index in [0.717, 1.165) is 23.2 Å². The number of anilines is 1. The molecular formula is C17H28N2O. The molecule has 0 aliphatic heterocycles. The van der Waals surface area contributed by atoms with Gasteiger partial charge in [-0.25, -0.2) is 0 Å². The van der Waals surface area contributed by atoms with Crippen molar-refractivity contribution in [3.05, 3.63) is 29.3 Å². The highest BCUT2D eigenvalue weighted by molar-refractivity contribution is 5.76. The molecule has 1 atom stereocenters. The summed E-state index contributed by atoms with van der Waals surface area (Å²) < 4.78 is 0. The van der Waals surface area contributed by atoms with E-state index in [4.69, 9.17) is 5.73 Å². The maximum Gasteiger partial charge on any atom is 0.220 e. The summed E-state index contributed by atoms with van der Waals surface area (Å²) in [6.07, 6.45) is 1.64. The molecule has 0 spiro atoms. The minimum Gasteiger partial charge on any atom is -0.399 e. The summed E-state index contributed by atoms with van der Waals surface area (Å²) in [5.41, 5.74) is 9.04. The van der Waals surface area contributed by atoms with Crippen LogP contribution in [0.2, 0.25) is 0 Å². The Kier molecular flexibility index (Phi) is 5.61. The molecule has 3 nitrogen and oxygen atoms in total. The first-order valence-corrected chi connectivity index (χ1v) is 7.29. The summed E-state index contributed by atoms with van der Waals surface area (Å²) in [6, 6.07) is 5.81. The van der Waals surface area contributed by atoms with Gasteiger partial charge < -0.3 is 11.1 Å². The van der Waals surface area contributed by atoms with Crippen molar-refractivity contribution in [3.63, 3.8) is 0 Å². The van der Waals surface area contributed by atoms with Gasteiger partial charge in [0.1, 0.15) is 0 Å². The first kappa shape index (κ1) is 16.5. The Morgan fingerprint density at radius 1 is 1.35 bits per heavy atom. The van der Waals surface area contributed by atoms with E-state index in [1.165, 1.54) is 0 Å². The molecule has 0 fully saturated rings. The third kappa shape index (κ3) is 5.64. The molecule has 3 N–H and O–H groups in total. The summed E-state index contributed by atoms with van der Waals surface area (Å²) in [4.78, 5) is 12.0. The number of carbonyl (C=O) groups excluding carboxylic acids is 1. The highest BCUT2D eigenvalue weighted by Gasteiger charge is 2.17. The molecule has 1 aromatic rings. The van der Waals surface area contributed by atoms with Crippen LogP contribution in [-0.2, 0) is 11.3 Å². The Morgan fingerprint density at radius 3 is 2.60 bits per heavy atom. The van der Waals surface area contributed by atoms with Crippen LogP contribution in [0.3, 0.4) is 0 Å². The summed E-state index contributed by atoms with van der Waals surface area (Å²) >= 11 is 0. The molecule has 112 valence electrons. The smallest absolute Gasteiger partial charge is 0.220 e. The molecule has 0 heterocycles. The predicted octanol–water partition coefficient (Wildman–Crippen LogP) is 3.66. The van der Waals surface area contributed by atoms with Crippen LogP contribution in [-0.4, -0.2) is 5.91 Å². The molecule has 3 heteroatoms. The normalized spacial score (nSPS) is 13.1. The second kappa shape index (κ2) is 6.78. The van der Waals surface area contributed by atoms with Gasteiger partial charge in [-0.2, -0.15) is 0 Å². The maximum atomic E-state index is 12.0. The van der Waals surface area contributed by atoms with Gasteiger partial charge in [-0.3, -0.25) is 4.79 Å². The number of amides is 1. The van der Waals surface area contributed by atoms with Crippen LogP contribution in [0.15, 0.2) is 18.2 Å². The first-order chi connectivity index (χ1) is 9.19. The third-order valence-corrected chi connectivity index (χ3v) is 3.46. The topological polar surface area (TPSA) is 55.1 Å². The zero-order chi connectivity index (χ0) is 15.3. The van der Waals surface area contributed by atoms with Crippen molar-refractivity contribution in [2.45, 2.75) is 54.0 Å². The van der Waals surface area contributed by atoms with E-state index in [2.05, 4.69) is 33.0 Å². The van der Waals surface area contributed by atoms with Crippen molar-refractivity contribution in [2.75, 3.05) is 5.73 Å². The highest BCUT2D eigenvalue weighted by Crippen LogP contribution is 2.25. The number of nitrogen functional groups attached to an aromatic ring is 1. The van der Waals surface area contributed by atoms with Gasteiger partial charge in [-0.05, 0) is 41.9 Å². The number of hydrogen-bond donors (Lipinski definition) is 2. The van der Waals surface area contributed by atoms with Gasteiger partial charge in [-0.1, -0.05) is 39.8 Å². The molecular weight excluding hydrogens is 248 g/mol. The second-order valence-electron chi connectivity index (χ2n) is 6.98. The van der Waals surface area contributed by atoms with Crippen molar-refractivity contribution in [3.8, 4) is 0 Å². The van der Waals surface area contributed by atoms with Crippen molar-refractivity contribution in [1.82, 2.24) is 5.32 Å². The fraction of sp³-hybridized carbons (Fsp3) is 0.588. The van der Waals surface area contributed by atoms with Crippen molar-refractivity contribution < 1.29 is 4.79 Å². The van der Waals surface area contributed by atoms with Crippen LogP contribution in [0.1, 0.15) is 51.7 Å². The van der Waals surface area contributed by atoms with Gasteiger partial charge in [-0.15, -0.1) is 0 Å². The van der Waals surface area contributed by atoms with E-state index in [1.54, 1.807) is 0 Å². The third-order valence-electron chi connectivity index (χ3n) is 3.46. The lowest BCUT2D eigenvalue weighted by atomic mass is 9.84. The van der Waals surface area contributed by atoms with E-state index in [1.807, 2.05) is 25.1 Å². The molecule has 1 aromatic carbocycles. The van der Waals surface area contributed by atoms with E-state index in [-0.39, 0.29) is 11.3 Å². The number of rotatable bonds is 5. The van der Waals surface area contributed by atoms with Crippen LogP contribution in [0, 0.1) is 18.3 Å². The largest absolute Gasteiger partial charge is 0.399 e. The molecule has 0 aliphatic carbocycles. The van der Waals surface area contributed by atoms with Gasteiger partial charge >= 0.3 is 0 Å². The molecule has 0 aliphatic rings. The summed E-state index contributed by atoms with van der Waals surface area (Å²) in [5, 5.41) is 2.99. The van der Waals surface area contributed by atoms with Crippen LogP contribution >= 0.6 is 0 Å². The summed E-state index contributed by atoms with van der Waals surface area (Å²) in [7, 11) is 0. The lowest BCUT2D eigenvalue weighted by Gasteiger charge is -2.22. The van der Waals surface area contributed by atoms with Gasteiger partial charge in [0.05, 0.1) is 0 Å². The average Bonchev–Trinajstić information content (AvgIpc) is 2.28. The van der Waals surface area contributed by atoms with Gasteiger partial charge in [0, 0.05) is 18.7 Å². The molecule has 0 saturated carbocycles. The fourth-order valence-electron chi connectivity index (χ4n) is 2.59. The quantitative estimate of drug-likeness (QED) is 0.806. The number of carbonyl (C=O) groups is 1. The minimum atomic E-state index is 0.114. The maximum absolute atomic E-state index is 12.0. The van der Waals surface area contributed by atoms with Crippen molar-refractivity contribution in [1.29, 1.82) is 0 Å². The first-order valence-electron chi connectivity index (χ1n) is 7.29. The Bertz CT molecular complexity index is 461. The van der Waals surface area contributed by atoms with Gasteiger partial charge in [0.15, 0.2) is 0 Å². The Labute approximate surface area is 122 Å². The average molecular weight is 276 g/mol. The van der Waals surface area contributed by atoms with E-state index >= 15 is 0 Å². The fourth-order valence-corrected chi connectivity index (χ4v) is 2.59. The number of nitrogens with one attached hydrogen (secondary N) is 1. The highest BCUT2D eigenvalue weighted by atomic mass is 16.1. The number of benzene rings is 1.